The number of hydrogen-bond donors (Lipinski definition) is 2. The van der Waals surface area contributed by atoms with Crippen molar-refractivity contribution in [3.05, 3.63) is 52.6 Å². The Hall–Kier alpha value is -2.45. The van der Waals surface area contributed by atoms with Gasteiger partial charge in [0.05, 0.1) is 31.5 Å². The molecule has 1 aliphatic heterocycles. The van der Waals surface area contributed by atoms with Crippen LogP contribution in [0.4, 0.5) is 4.39 Å². The van der Waals surface area contributed by atoms with Gasteiger partial charge in [0.2, 0.25) is 0 Å². The smallest absolute Gasteiger partial charge is 0.191 e. The Labute approximate surface area is 184 Å². The van der Waals surface area contributed by atoms with Gasteiger partial charge in [-0.05, 0) is 50.5 Å². The molecule has 8 heteroatoms. The lowest BCUT2D eigenvalue weighted by molar-refractivity contribution is 0.0179. The van der Waals surface area contributed by atoms with Crippen molar-refractivity contribution >= 4 is 5.96 Å². The molecule has 0 bridgehead atoms. The highest BCUT2D eigenvalue weighted by Gasteiger charge is 2.22. The molecule has 2 aromatic rings. The highest BCUT2D eigenvalue weighted by molar-refractivity contribution is 5.79. The zero-order valence-corrected chi connectivity index (χ0v) is 19.1. The maximum Gasteiger partial charge on any atom is 0.191 e. The van der Waals surface area contributed by atoms with Crippen molar-refractivity contribution in [2.75, 3.05) is 45.9 Å². The van der Waals surface area contributed by atoms with Crippen molar-refractivity contribution in [1.82, 2.24) is 25.3 Å². The van der Waals surface area contributed by atoms with E-state index in [0.29, 0.717) is 19.8 Å². The minimum atomic E-state index is -0.219. The summed E-state index contributed by atoms with van der Waals surface area (Å²) in [6.07, 6.45) is 0.890. The lowest BCUT2D eigenvalue weighted by Gasteiger charge is -2.34. The Balaban J connectivity index is 1.68. The highest BCUT2D eigenvalue weighted by Crippen LogP contribution is 2.22. The third-order valence-electron chi connectivity index (χ3n) is 5.83. The molecule has 1 saturated heterocycles. The van der Waals surface area contributed by atoms with Gasteiger partial charge < -0.3 is 15.4 Å². The molecule has 0 radical (unpaired) electrons. The van der Waals surface area contributed by atoms with Gasteiger partial charge in [0.1, 0.15) is 5.82 Å². The number of halogens is 1. The number of guanidine groups is 1. The summed E-state index contributed by atoms with van der Waals surface area (Å²) in [7, 11) is 1.98. The van der Waals surface area contributed by atoms with Gasteiger partial charge in [-0.2, -0.15) is 5.10 Å². The monoisotopic (exact) mass is 430 g/mol. The largest absolute Gasteiger partial charge is 0.379 e. The van der Waals surface area contributed by atoms with Crippen LogP contribution in [0.1, 0.15) is 35.5 Å². The number of benzene rings is 1. The molecule has 31 heavy (non-hydrogen) atoms. The van der Waals surface area contributed by atoms with Crippen molar-refractivity contribution in [3.63, 3.8) is 0 Å². The lowest BCUT2D eigenvalue weighted by atomic mass is 10.0. The SMILES string of the molecule is CCNC(=NCC(c1ccc(F)cc1)N1CCOCC1)NCCc1c(C)nn(C)c1C. The fourth-order valence-corrected chi connectivity index (χ4v) is 4.01. The van der Waals surface area contributed by atoms with Gasteiger partial charge in [-0.15, -0.1) is 0 Å². The fourth-order valence-electron chi connectivity index (χ4n) is 4.01. The van der Waals surface area contributed by atoms with Crippen LogP contribution in [0.25, 0.3) is 0 Å². The van der Waals surface area contributed by atoms with E-state index in [2.05, 4.69) is 41.4 Å². The van der Waals surface area contributed by atoms with Crippen LogP contribution in [0.5, 0.6) is 0 Å². The van der Waals surface area contributed by atoms with E-state index in [1.807, 2.05) is 23.9 Å². The second-order valence-corrected chi connectivity index (χ2v) is 7.89. The summed E-state index contributed by atoms with van der Waals surface area (Å²) < 4.78 is 20.9. The zero-order chi connectivity index (χ0) is 22.2. The van der Waals surface area contributed by atoms with Crippen LogP contribution < -0.4 is 10.6 Å². The fraction of sp³-hybridized carbons (Fsp3) is 0.565. The molecule has 0 spiro atoms. The van der Waals surface area contributed by atoms with E-state index in [0.717, 1.165) is 49.8 Å². The first-order valence-electron chi connectivity index (χ1n) is 11.1. The van der Waals surface area contributed by atoms with E-state index in [1.54, 1.807) is 0 Å². The summed E-state index contributed by atoms with van der Waals surface area (Å²) in [5.41, 5.74) is 4.63. The van der Waals surface area contributed by atoms with E-state index < -0.39 is 0 Å². The molecule has 2 heterocycles. The minimum Gasteiger partial charge on any atom is -0.379 e. The molecule has 2 N–H and O–H groups in total. The van der Waals surface area contributed by atoms with Crippen LogP contribution >= 0.6 is 0 Å². The highest BCUT2D eigenvalue weighted by atomic mass is 19.1. The number of ether oxygens (including phenoxy) is 1. The number of hydrogen-bond acceptors (Lipinski definition) is 4. The standard InChI is InChI=1S/C23H35FN6O/c1-5-25-23(26-11-10-21-17(2)28-29(4)18(21)3)27-16-22(30-12-14-31-15-13-30)19-6-8-20(24)9-7-19/h6-9,22H,5,10-16H2,1-4H3,(H2,25,26,27). The Morgan fingerprint density at radius 1 is 1.19 bits per heavy atom. The average Bonchev–Trinajstić information content (AvgIpc) is 3.01. The van der Waals surface area contributed by atoms with Gasteiger partial charge >= 0.3 is 0 Å². The molecular formula is C23H35FN6O. The summed E-state index contributed by atoms with van der Waals surface area (Å²) in [5, 5.41) is 11.3. The first-order chi connectivity index (χ1) is 15.0. The number of aliphatic imine (C=N–C) groups is 1. The van der Waals surface area contributed by atoms with Crippen molar-refractivity contribution in [3.8, 4) is 0 Å². The molecule has 170 valence electrons. The summed E-state index contributed by atoms with van der Waals surface area (Å²) in [4.78, 5) is 7.23. The average molecular weight is 431 g/mol. The molecule has 7 nitrogen and oxygen atoms in total. The van der Waals surface area contributed by atoms with E-state index >= 15 is 0 Å². The Morgan fingerprint density at radius 2 is 1.90 bits per heavy atom. The van der Waals surface area contributed by atoms with Crippen molar-refractivity contribution in [2.24, 2.45) is 12.0 Å². The van der Waals surface area contributed by atoms with Crippen molar-refractivity contribution in [2.45, 2.75) is 33.2 Å². The summed E-state index contributed by atoms with van der Waals surface area (Å²) in [6.45, 7) is 11.5. The third kappa shape index (κ3) is 6.27. The Kier molecular flexibility index (Phi) is 8.43. The van der Waals surface area contributed by atoms with Gasteiger partial charge in [0, 0.05) is 38.9 Å². The van der Waals surface area contributed by atoms with Crippen LogP contribution in [0.3, 0.4) is 0 Å². The van der Waals surface area contributed by atoms with Crippen LogP contribution in [-0.2, 0) is 18.2 Å². The van der Waals surface area contributed by atoms with Gasteiger partial charge in [-0.3, -0.25) is 14.6 Å². The molecule has 0 saturated carbocycles. The van der Waals surface area contributed by atoms with E-state index in [-0.39, 0.29) is 11.9 Å². The summed E-state index contributed by atoms with van der Waals surface area (Å²) >= 11 is 0. The first kappa shape index (κ1) is 23.2. The summed E-state index contributed by atoms with van der Waals surface area (Å²) in [5.74, 6) is 0.575. The van der Waals surface area contributed by atoms with E-state index in [9.17, 15) is 4.39 Å². The second-order valence-electron chi connectivity index (χ2n) is 7.89. The Bertz CT molecular complexity index is 858. The van der Waals surface area contributed by atoms with Gasteiger partial charge in [-0.1, -0.05) is 12.1 Å². The van der Waals surface area contributed by atoms with E-state index in [4.69, 9.17) is 9.73 Å². The number of rotatable bonds is 8. The van der Waals surface area contributed by atoms with Crippen LogP contribution in [0.15, 0.2) is 29.3 Å². The minimum absolute atomic E-state index is 0.0859. The zero-order valence-electron chi connectivity index (χ0n) is 19.1. The molecular weight excluding hydrogens is 395 g/mol. The predicted octanol–water partition coefficient (Wildman–Crippen LogP) is 2.35. The van der Waals surface area contributed by atoms with Gasteiger partial charge in [0.25, 0.3) is 0 Å². The number of nitrogens with zero attached hydrogens (tertiary/aromatic N) is 4. The molecule has 1 aromatic carbocycles. The van der Waals surface area contributed by atoms with Gasteiger partial charge in [0.15, 0.2) is 5.96 Å². The lowest BCUT2D eigenvalue weighted by Crippen LogP contribution is -2.42. The number of nitrogens with one attached hydrogen (secondary N) is 2. The molecule has 1 atom stereocenters. The molecule has 0 aliphatic carbocycles. The summed E-state index contributed by atoms with van der Waals surface area (Å²) in [6, 6.07) is 6.85. The van der Waals surface area contributed by atoms with E-state index in [1.165, 1.54) is 23.4 Å². The molecule has 1 aliphatic rings. The molecule has 1 fully saturated rings. The third-order valence-corrected chi connectivity index (χ3v) is 5.83. The van der Waals surface area contributed by atoms with Crippen LogP contribution in [-0.4, -0.2) is 66.6 Å². The number of aryl methyl sites for hydroxylation is 2. The first-order valence-corrected chi connectivity index (χ1v) is 11.1. The Morgan fingerprint density at radius 3 is 2.52 bits per heavy atom. The molecule has 1 aromatic heterocycles. The predicted molar refractivity (Wildman–Crippen MR) is 122 cm³/mol. The normalized spacial score (nSPS) is 16.4. The van der Waals surface area contributed by atoms with Crippen molar-refractivity contribution < 1.29 is 9.13 Å². The second kappa shape index (κ2) is 11.2. The van der Waals surface area contributed by atoms with Crippen LogP contribution in [0, 0.1) is 19.7 Å². The molecule has 1 unspecified atom stereocenters. The van der Waals surface area contributed by atoms with Crippen molar-refractivity contribution in [1.29, 1.82) is 0 Å². The topological polar surface area (TPSA) is 66.7 Å². The maximum absolute atomic E-state index is 13.5. The number of aromatic nitrogens is 2. The number of morpholine rings is 1. The quantitative estimate of drug-likeness (QED) is 0.497. The van der Waals surface area contributed by atoms with Crippen LogP contribution in [0.2, 0.25) is 0 Å². The molecule has 0 amide bonds. The maximum atomic E-state index is 13.5. The molecule has 3 rings (SSSR count). The van der Waals surface area contributed by atoms with Gasteiger partial charge in [-0.25, -0.2) is 4.39 Å².